The topological polar surface area (TPSA) is 52.1 Å². The SMILES string of the molecule is C=[N+]([O-])c1ccc(N)cc1. The zero-order valence-corrected chi connectivity index (χ0v) is 5.45. The van der Waals surface area contributed by atoms with Crippen molar-refractivity contribution in [3.63, 3.8) is 0 Å². The molecule has 1 rings (SSSR count). The Labute approximate surface area is 59.0 Å². The van der Waals surface area contributed by atoms with Gasteiger partial charge in [-0.3, -0.25) is 0 Å². The van der Waals surface area contributed by atoms with E-state index in [-0.39, 0.29) is 0 Å². The molecule has 2 N–H and O–H groups in total. The molecule has 1 aromatic rings. The van der Waals surface area contributed by atoms with Crippen molar-refractivity contribution < 1.29 is 4.74 Å². The predicted octanol–water partition coefficient (Wildman–Crippen LogP) is 1.11. The Bertz CT molecular complexity index is 240. The molecule has 0 bridgehead atoms. The lowest BCUT2D eigenvalue weighted by molar-refractivity contribution is -0.349. The van der Waals surface area contributed by atoms with Crippen LogP contribution < -0.4 is 5.73 Å². The molecule has 0 atom stereocenters. The van der Waals surface area contributed by atoms with Crippen LogP contribution in [0.2, 0.25) is 0 Å². The summed E-state index contributed by atoms with van der Waals surface area (Å²) in [5.74, 6) is 0. The molecule has 0 aliphatic carbocycles. The third-order valence-electron chi connectivity index (χ3n) is 1.18. The largest absolute Gasteiger partial charge is 0.619 e. The Morgan fingerprint density at radius 1 is 1.30 bits per heavy atom. The lowest BCUT2D eigenvalue weighted by Crippen LogP contribution is -1.89. The monoisotopic (exact) mass is 136 g/mol. The molecule has 0 fully saturated rings. The molecule has 52 valence electrons. The van der Waals surface area contributed by atoms with Crippen LogP contribution in [0.25, 0.3) is 0 Å². The number of rotatable bonds is 1. The van der Waals surface area contributed by atoms with E-state index in [2.05, 4.69) is 6.72 Å². The standard InChI is InChI=1S/C7H8N2O/c1-9(10)7-4-2-6(8)3-5-7/h2-5H,1,8H2. The first kappa shape index (κ1) is 6.61. The molecular formula is C7H8N2O. The first-order valence-electron chi connectivity index (χ1n) is 2.83. The second-order valence-corrected chi connectivity index (χ2v) is 1.97. The summed E-state index contributed by atoms with van der Waals surface area (Å²) in [7, 11) is 0. The van der Waals surface area contributed by atoms with Gasteiger partial charge in [-0.2, -0.15) is 4.74 Å². The number of nitrogen functional groups attached to an aromatic ring is 1. The molecule has 0 spiro atoms. The third-order valence-corrected chi connectivity index (χ3v) is 1.18. The highest BCUT2D eigenvalue weighted by Crippen LogP contribution is 2.11. The smallest absolute Gasteiger partial charge is 0.216 e. The number of hydrogen-bond donors (Lipinski definition) is 1. The van der Waals surface area contributed by atoms with Gasteiger partial charge in [0.05, 0.1) is 0 Å². The van der Waals surface area contributed by atoms with E-state index in [0.29, 0.717) is 16.1 Å². The minimum Gasteiger partial charge on any atom is -0.619 e. The molecule has 10 heavy (non-hydrogen) atoms. The Morgan fingerprint density at radius 2 is 1.80 bits per heavy atom. The van der Waals surface area contributed by atoms with Crippen LogP contribution in [0.5, 0.6) is 0 Å². The number of hydrogen-bond acceptors (Lipinski definition) is 2. The summed E-state index contributed by atoms with van der Waals surface area (Å²) in [5.41, 5.74) is 6.54. The summed E-state index contributed by atoms with van der Waals surface area (Å²) in [6, 6.07) is 6.56. The second kappa shape index (κ2) is 2.39. The van der Waals surface area contributed by atoms with E-state index in [4.69, 9.17) is 5.73 Å². The van der Waals surface area contributed by atoms with Gasteiger partial charge < -0.3 is 10.9 Å². The zero-order valence-electron chi connectivity index (χ0n) is 5.45. The fraction of sp³-hybridized carbons (Fsp3) is 0. The van der Waals surface area contributed by atoms with Gasteiger partial charge in [0.25, 0.3) is 0 Å². The molecule has 0 amide bonds. The number of anilines is 1. The van der Waals surface area contributed by atoms with E-state index < -0.39 is 0 Å². The fourth-order valence-corrected chi connectivity index (χ4v) is 0.641. The molecule has 3 heteroatoms. The van der Waals surface area contributed by atoms with Crippen molar-refractivity contribution in [3.05, 3.63) is 29.5 Å². The Morgan fingerprint density at radius 3 is 2.20 bits per heavy atom. The normalized spacial score (nSPS) is 9.20. The highest BCUT2D eigenvalue weighted by molar-refractivity contribution is 5.45. The summed E-state index contributed by atoms with van der Waals surface area (Å²) < 4.78 is 0.541. The summed E-state index contributed by atoms with van der Waals surface area (Å²) in [5, 5.41) is 10.5. The highest BCUT2D eigenvalue weighted by Gasteiger charge is 1.94. The van der Waals surface area contributed by atoms with Crippen LogP contribution in [0, 0.1) is 5.21 Å². The van der Waals surface area contributed by atoms with Crippen molar-refractivity contribution in [2.75, 3.05) is 5.73 Å². The van der Waals surface area contributed by atoms with Crippen molar-refractivity contribution in [1.82, 2.24) is 0 Å². The Balaban J connectivity index is 3.00. The molecule has 0 radical (unpaired) electrons. The lowest BCUT2D eigenvalue weighted by Gasteiger charge is -1.98. The van der Waals surface area contributed by atoms with Crippen molar-refractivity contribution >= 4 is 18.1 Å². The van der Waals surface area contributed by atoms with Crippen molar-refractivity contribution in [2.45, 2.75) is 0 Å². The minimum absolute atomic E-state index is 0.509. The highest BCUT2D eigenvalue weighted by atomic mass is 16.5. The van der Waals surface area contributed by atoms with E-state index in [1.165, 1.54) is 0 Å². The molecule has 0 aliphatic rings. The molecular weight excluding hydrogens is 128 g/mol. The number of benzene rings is 1. The van der Waals surface area contributed by atoms with Gasteiger partial charge in [-0.15, -0.1) is 0 Å². The lowest BCUT2D eigenvalue weighted by atomic mass is 10.3. The van der Waals surface area contributed by atoms with Gasteiger partial charge in [0.2, 0.25) is 5.69 Å². The third kappa shape index (κ3) is 1.25. The number of nitrogens with two attached hydrogens (primary N) is 1. The maximum atomic E-state index is 10.5. The predicted molar refractivity (Wildman–Crippen MR) is 41.3 cm³/mol. The van der Waals surface area contributed by atoms with Crippen LogP contribution in [-0.4, -0.2) is 11.5 Å². The van der Waals surface area contributed by atoms with Gasteiger partial charge in [-0.25, -0.2) is 0 Å². The molecule has 1 aromatic carbocycles. The number of nitrogens with zero attached hydrogens (tertiary/aromatic N) is 1. The Kier molecular flexibility index (Phi) is 1.58. The van der Waals surface area contributed by atoms with E-state index in [1.807, 2.05) is 0 Å². The van der Waals surface area contributed by atoms with E-state index in [0.717, 1.165) is 0 Å². The zero-order chi connectivity index (χ0) is 7.56. The summed E-state index contributed by atoms with van der Waals surface area (Å²) in [6.07, 6.45) is 0. The maximum Gasteiger partial charge on any atom is 0.216 e. The van der Waals surface area contributed by atoms with Crippen molar-refractivity contribution in [1.29, 1.82) is 0 Å². The molecule has 0 aromatic heterocycles. The molecule has 0 saturated heterocycles. The van der Waals surface area contributed by atoms with E-state index in [1.54, 1.807) is 24.3 Å². The van der Waals surface area contributed by atoms with Crippen LogP contribution in [0.4, 0.5) is 11.4 Å². The first-order valence-corrected chi connectivity index (χ1v) is 2.83. The van der Waals surface area contributed by atoms with E-state index in [9.17, 15) is 5.21 Å². The summed E-state index contributed by atoms with van der Waals surface area (Å²) >= 11 is 0. The maximum absolute atomic E-state index is 10.5. The second-order valence-electron chi connectivity index (χ2n) is 1.97. The fourth-order valence-electron chi connectivity index (χ4n) is 0.641. The average Bonchev–Trinajstić information content (AvgIpc) is 1.88. The van der Waals surface area contributed by atoms with Gasteiger partial charge in [-0.1, -0.05) is 0 Å². The Hall–Kier alpha value is -1.51. The van der Waals surface area contributed by atoms with Gasteiger partial charge in [0.1, 0.15) is 6.72 Å². The van der Waals surface area contributed by atoms with Crippen LogP contribution >= 0.6 is 0 Å². The van der Waals surface area contributed by atoms with Crippen LogP contribution in [0.3, 0.4) is 0 Å². The van der Waals surface area contributed by atoms with Gasteiger partial charge in [0.15, 0.2) is 0 Å². The van der Waals surface area contributed by atoms with Crippen LogP contribution in [0.15, 0.2) is 24.3 Å². The molecule has 0 heterocycles. The van der Waals surface area contributed by atoms with Crippen molar-refractivity contribution in [2.24, 2.45) is 0 Å². The summed E-state index contributed by atoms with van der Waals surface area (Å²) in [4.78, 5) is 0. The van der Waals surface area contributed by atoms with Gasteiger partial charge in [0, 0.05) is 17.8 Å². The minimum atomic E-state index is 0.509. The quantitative estimate of drug-likeness (QED) is 0.207. The average molecular weight is 136 g/mol. The van der Waals surface area contributed by atoms with E-state index >= 15 is 0 Å². The first-order chi connectivity index (χ1) is 4.70. The molecule has 0 saturated carbocycles. The molecule has 0 unspecified atom stereocenters. The summed E-state index contributed by atoms with van der Waals surface area (Å²) in [6.45, 7) is 3.18. The van der Waals surface area contributed by atoms with Gasteiger partial charge in [-0.05, 0) is 12.1 Å². The van der Waals surface area contributed by atoms with Crippen LogP contribution in [0.1, 0.15) is 0 Å². The molecule has 0 aliphatic heterocycles. The van der Waals surface area contributed by atoms with Crippen LogP contribution in [-0.2, 0) is 0 Å². The molecule has 3 nitrogen and oxygen atoms in total. The van der Waals surface area contributed by atoms with Gasteiger partial charge >= 0.3 is 0 Å². The van der Waals surface area contributed by atoms with Crippen molar-refractivity contribution in [3.8, 4) is 0 Å².